The van der Waals surface area contributed by atoms with E-state index in [9.17, 15) is 9.59 Å². The second-order valence-electron chi connectivity index (χ2n) is 8.97. The van der Waals surface area contributed by atoms with Gasteiger partial charge in [0.25, 0.3) is 0 Å². The van der Waals surface area contributed by atoms with Crippen LogP contribution in [0, 0.1) is 0 Å². The van der Waals surface area contributed by atoms with Gasteiger partial charge in [0.15, 0.2) is 5.78 Å². The quantitative estimate of drug-likeness (QED) is 0.241. The van der Waals surface area contributed by atoms with E-state index in [0.29, 0.717) is 17.9 Å². The molecule has 0 aliphatic heterocycles. The number of methoxy groups -OCH3 is 2. The molecule has 0 atom stereocenters. The average Bonchev–Trinajstić information content (AvgIpc) is 2.87. The van der Waals surface area contributed by atoms with E-state index in [4.69, 9.17) is 9.47 Å². The van der Waals surface area contributed by atoms with Crippen LogP contribution in [0.15, 0.2) is 78.9 Å². The normalized spacial score (nSPS) is 11.0. The summed E-state index contributed by atoms with van der Waals surface area (Å²) in [5.74, 6) is -0.208. The molecule has 5 nitrogen and oxygen atoms in total. The first-order valence-corrected chi connectivity index (χ1v) is 11.5. The van der Waals surface area contributed by atoms with Gasteiger partial charge in [0.1, 0.15) is 11.3 Å². The first kappa shape index (κ1) is 28.1. The van der Waals surface area contributed by atoms with Crippen molar-refractivity contribution in [3.05, 3.63) is 101 Å². The van der Waals surface area contributed by atoms with Crippen LogP contribution in [-0.4, -0.2) is 43.0 Å². The van der Waals surface area contributed by atoms with Gasteiger partial charge in [-0.3, -0.25) is 9.69 Å². The first-order chi connectivity index (χ1) is 16.3. The Morgan fingerprint density at radius 2 is 1.46 bits per heavy atom. The van der Waals surface area contributed by atoms with Crippen LogP contribution in [0.2, 0.25) is 0 Å². The van der Waals surface area contributed by atoms with Crippen molar-refractivity contribution in [2.75, 3.05) is 20.8 Å². The van der Waals surface area contributed by atoms with Crippen LogP contribution in [0.25, 0.3) is 0 Å². The number of benzene rings is 3. The van der Waals surface area contributed by atoms with Crippen molar-refractivity contribution in [2.24, 2.45) is 0 Å². The molecule has 6 heteroatoms. The molecule has 0 unspecified atom stereocenters. The van der Waals surface area contributed by atoms with E-state index in [1.54, 1.807) is 18.2 Å². The Hall–Kier alpha value is -3.15. The predicted octanol–water partition coefficient (Wildman–Crippen LogP) is 6.00. The first-order valence-electron chi connectivity index (χ1n) is 11.5. The SMILES string of the molecule is COC(=O)c1cc(C(=O)CN(Cc2ccccc2)C(C)(C)CCc2ccccc2)ccc1OC.Cl. The largest absolute Gasteiger partial charge is 0.496 e. The van der Waals surface area contributed by atoms with Gasteiger partial charge in [-0.25, -0.2) is 4.79 Å². The van der Waals surface area contributed by atoms with Gasteiger partial charge in [-0.1, -0.05) is 60.7 Å². The number of rotatable bonds is 11. The highest BCUT2D eigenvalue weighted by atomic mass is 35.5. The minimum Gasteiger partial charge on any atom is -0.496 e. The van der Waals surface area contributed by atoms with Crippen LogP contribution in [-0.2, 0) is 17.7 Å². The minimum atomic E-state index is -0.532. The summed E-state index contributed by atoms with van der Waals surface area (Å²) in [4.78, 5) is 27.8. The van der Waals surface area contributed by atoms with Gasteiger partial charge in [0.05, 0.1) is 20.8 Å². The van der Waals surface area contributed by atoms with E-state index in [1.807, 2.05) is 24.3 Å². The number of ether oxygens (including phenoxy) is 2. The third-order valence-corrected chi connectivity index (χ3v) is 6.20. The maximum atomic E-state index is 13.4. The second kappa shape index (κ2) is 13.1. The third-order valence-electron chi connectivity index (χ3n) is 6.20. The standard InChI is InChI=1S/C29H33NO4.ClH/c1-29(2,18-17-22-11-7-5-8-12-22)30(20-23-13-9-6-10-14-23)21-26(31)24-15-16-27(33-3)25(19-24)28(32)34-4;/h5-16,19H,17-18,20-21H2,1-4H3;1H. The number of Topliss-reactive ketones (excluding diaryl/α,β-unsaturated/α-hetero) is 1. The Labute approximate surface area is 214 Å². The molecule has 0 spiro atoms. The zero-order valence-corrected chi connectivity index (χ0v) is 21.6. The van der Waals surface area contributed by atoms with E-state index in [2.05, 4.69) is 55.1 Å². The van der Waals surface area contributed by atoms with Crippen LogP contribution in [0.5, 0.6) is 5.75 Å². The van der Waals surface area contributed by atoms with Crippen LogP contribution in [0.1, 0.15) is 52.1 Å². The van der Waals surface area contributed by atoms with Crippen molar-refractivity contribution in [1.29, 1.82) is 0 Å². The Bertz CT molecular complexity index is 1100. The van der Waals surface area contributed by atoms with Crippen molar-refractivity contribution in [1.82, 2.24) is 4.90 Å². The lowest BCUT2D eigenvalue weighted by molar-refractivity contribution is 0.0597. The number of hydrogen-bond acceptors (Lipinski definition) is 5. The number of carbonyl (C=O) groups excluding carboxylic acids is 2. The van der Waals surface area contributed by atoms with Gasteiger partial charge < -0.3 is 9.47 Å². The number of carbonyl (C=O) groups is 2. The summed E-state index contributed by atoms with van der Waals surface area (Å²) in [7, 11) is 2.80. The van der Waals surface area contributed by atoms with Crippen molar-refractivity contribution >= 4 is 24.2 Å². The summed E-state index contributed by atoms with van der Waals surface area (Å²) >= 11 is 0. The Balaban J connectivity index is 0.00000432. The molecule has 186 valence electrons. The van der Waals surface area contributed by atoms with Gasteiger partial charge in [-0.2, -0.15) is 0 Å². The van der Waals surface area contributed by atoms with Crippen molar-refractivity contribution in [3.63, 3.8) is 0 Å². The molecule has 0 heterocycles. The molecule has 3 aromatic rings. The van der Waals surface area contributed by atoms with Crippen LogP contribution < -0.4 is 4.74 Å². The van der Waals surface area contributed by atoms with E-state index < -0.39 is 5.97 Å². The van der Waals surface area contributed by atoms with Crippen LogP contribution in [0.4, 0.5) is 0 Å². The van der Waals surface area contributed by atoms with Gasteiger partial charge in [-0.05, 0) is 56.0 Å². The van der Waals surface area contributed by atoms with E-state index in [1.165, 1.54) is 19.8 Å². The van der Waals surface area contributed by atoms with E-state index in [0.717, 1.165) is 18.4 Å². The van der Waals surface area contributed by atoms with Gasteiger partial charge in [0, 0.05) is 17.6 Å². The van der Waals surface area contributed by atoms with Crippen LogP contribution >= 0.6 is 12.4 Å². The molecule has 3 rings (SSSR count). The topological polar surface area (TPSA) is 55.8 Å². The van der Waals surface area contributed by atoms with Crippen molar-refractivity contribution in [2.45, 2.75) is 38.8 Å². The number of esters is 1. The molecule has 0 aromatic heterocycles. The molecule has 0 N–H and O–H groups in total. The van der Waals surface area contributed by atoms with E-state index >= 15 is 0 Å². The molecule has 0 bridgehead atoms. The molecule has 3 aromatic carbocycles. The maximum absolute atomic E-state index is 13.4. The number of hydrogen-bond donors (Lipinski definition) is 0. The highest BCUT2D eigenvalue weighted by molar-refractivity contribution is 6.01. The van der Waals surface area contributed by atoms with Crippen LogP contribution in [0.3, 0.4) is 0 Å². The summed E-state index contributed by atoms with van der Waals surface area (Å²) in [6, 6.07) is 25.5. The number of nitrogens with zero attached hydrogens (tertiary/aromatic N) is 1. The number of ketones is 1. The third kappa shape index (κ3) is 7.67. The summed E-state index contributed by atoms with van der Waals surface area (Å²) in [6.45, 7) is 5.23. The summed E-state index contributed by atoms with van der Waals surface area (Å²) in [5, 5.41) is 0. The van der Waals surface area contributed by atoms with Crippen molar-refractivity contribution in [3.8, 4) is 5.75 Å². The fourth-order valence-corrected chi connectivity index (χ4v) is 3.96. The molecule has 35 heavy (non-hydrogen) atoms. The molecule has 0 fully saturated rings. The zero-order valence-electron chi connectivity index (χ0n) is 20.8. The Kier molecular flexibility index (Phi) is 10.5. The minimum absolute atomic E-state index is 0. The molecule has 0 aliphatic carbocycles. The lowest BCUT2D eigenvalue weighted by atomic mass is 9.92. The lowest BCUT2D eigenvalue weighted by Crippen LogP contribution is -2.46. The zero-order chi connectivity index (χ0) is 24.6. The molecule has 0 saturated carbocycles. The van der Waals surface area contributed by atoms with Crippen molar-refractivity contribution < 1.29 is 19.1 Å². The maximum Gasteiger partial charge on any atom is 0.341 e. The monoisotopic (exact) mass is 495 g/mol. The molecular formula is C29H34ClNO4. The Morgan fingerprint density at radius 3 is 2.03 bits per heavy atom. The van der Waals surface area contributed by atoms with Gasteiger partial charge >= 0.3 is 5.97 Å². The van der Waals surface area contributed by atoms with Gasteiger partial charge in [-0.15, -0.1) is 12.4 Å². The average molecular weight is 496 g/mol. The second-order valence-corrected chi connectivity index (χ2v) is 8.97. The number of halogens is 1. The summed E-state index contributed by atoms with van der Waals surface area (Å²) < 4.78 is 10.1. The highest BCUT2D eigenvalue weighted by Crippen LogP contribution is 2.26. The molecular weight excluding hydrogens is 462 g/mol. The predicted molar refractivity (Wildman–Crippen MR) is 142 cm³/mol. The van der Waals surface area contributed by atoms with Gasteiger partial charge in [0.2, 0.25) is 0 Å². The number of aryl methyl sites for hydroxylation is 1. The Morgan fingerprint density at radius 1 is 0.857 bits per heavy atom. The highest BCUT2D eigenvalue weighted by Gasteiger charge is 2.29. The van der Waals surface area contributed by atoms with E-state index in [-0.39, 0.29) is 35.8 Å². The lowest BCUT2D eigenvalue weighted by Gasteiger charge is -2.38. The summed E-state index contributed by atoms with van der Waals surface area (Å²) in [6.07, 6.45) is 1.81. The fourth-order valence-electron chi connectivity index (χ4n) is 3.96. The smallest absolute Gasteiger partial charge is 0.341 e. The fraction of sp³-hybridized carbons (Fsp3) is 0.310. The molecule has 0 amide bonds. The summed E-state index contributed by atoms with van der Waals surface area (Å²) in [5.41, 5.74) is 2.89. The molecule has 0 aliphatic rings. The molecule has 0 radical (unpaired) electrons. The molecule has 0 saturated heterocycles.